The van der Waals surface area contributed by atoms with E-state index in [4.69, 9.17) is 16.3 Å². The summed E-state index contributed by atoms with van der Waals surface area (Å²) in [7, 11) is 1.64. The third-order valence-corrected chi connectivity index (χ3v) is 4.59. The summed E-state index contributed by atoms with van der Waals surface area (Å²) in [5, 5.41) is 5.37. The standard InChI is InChI=1S/C20H16ClFN4O/c1-12-17(22)19(21)24-20(23-12)18-15-5-3-4-6-16(15)26(25-18)11-13-7-9-14(27-2)10-8-13/h3-10H,11H2,1-2H3. The number of ether oxygens (including phenoxy) is 1. The molecule has 0 saturated carbocycles. The minimum atomic E-state index is -0.609. The molecule has 0 atom stereocenters. The third kappa shape index (κ3) is 3.24. The van der Waals surface area contributed by atoms with E-state index >= 15 is 0 Å². The topological polar surface area (TPSA) is 52.8 Å². The average Bonchev–Trinajstić information content (AvgIpc) is 3.05. The van der Waals surface area contributed by atoms with Gasteiger partial charge in [-0.05, 0) is 30.7 Å². The second kappa shape index (κ2) is 6.96. The van der Waals surface area contributed by atoms with Crippen LogP contribution >= 0.6 is 11.6 Å². The monoisotopic (exact) mass is 382 g/mol. The molecule has 4 rings (SSSR count). The van der Waals surface area contributed by atoms with Gasteiger partial charge in [-0.1, -0.05) is 41.9 Å². The van der Waals surface area contributed by atoms with Crippen LogP contribution in [-0.4, -0.2) is 26.9 Å². The number of hydrogen-bond acceptors (Lipinski definition) is 4. The normalized spacial score (nSPS) is 11.1. The lowest BCUT2D eigenvalue weighted by molar-refractivity contribution is 0.414. The zero-order chi connectivity index (χ0) is 19.0. The average molecular weight is 383 g/mol. The van der Waals surface area contributed by atoms with Crippen LogP contribution < -0.4 is 4.74 Å². The number of aromatic nitrogens is 4. The van der Waals surface area contributed by atoms with Gasteiger partial charge in [-0.25, -0.2) is 14.4 Å². The maximum atomic E-state index is 13.8. The highest BCUT2D eigenvalue weighted by atomic mass is 35.5. The number of nitrogens with zero attached hydrogens (tertiary/aromatic N) is 4. The molecular weight excluding hydrogens is 367 g/mol. The molecular formula is C20H16ClFN4O. The Balaban J connectivity index is 1.81. The van der Waals surface area contributed by atoms with Crippen molar-refractivity contribution in [2.75, 3.05) is 7.11 Å². The SMILES string of the molecule is COc1ccc(Cn2nc(-c3nc(C)c(F)c(Cl)n3)c3ccccc32)cc1. The maximum Gasteiger partial charge on any atom is 0.182 e. The highest BCUT2D eigenvalue weighted by molar-refractivity contribution is 6.29. The first-order valence-electron chi connectivity index (χ1n) is 8.35. The summed E-state index contributed by atoms with van der Waals surface area (Å²) in [5.41, 5.74) is 2.78. The van der Waals surface area contributed by atoms with E-state index in [1.54, 1.807) is 14.0 Å². The Labute approximate surface area is 160 Å². The fourth-order valence-electron chi connectivity index (χ4n) is 2.95. The fourth-order valence-corrected chi connectivity index (χ4v) is 3.16. The molecule has 0 bridgehead atoms. The van der Waals surface area contributed by atoms with Crippen molar-refractivity contribution in [1.29, 1.82) is 0 Å². The lowest BCUT2D eigenvalue weighted by atomic mass is 10.2. The van der Waals surface area contributed by atoms with Crippen LogP contribution in [0.2, 0.25) is 5.15 Å². The van der Waals surface area contributed by atoms with E-state index in [0.29, 0.717) is 18.1 Å². The third-order valence-electron chi connectivity index (χ3n) is 4.34. The molecule has 0 radical (unpaired) electrons. The molecule has 0 amide bonds. The van der Waals surface area contributed by atoms with Crippen LogP contribution in [0.15, 0.2) is 48.5 Å². The number of aryl methyl sites for hydroxylation is 1. The second-order valence-corrected chi connectivity index (χ2v) is 6.47. The van der Waals surface area contributed by atoms with Gasteiger partial charge >= 0.3 is 0 Å². The summed E-state index contributed by atoms with van der Waals surface area (Å²) < 4.78 is 20.9. The van der Waals surface area contributed by atoms with E-state index < -0.39 is 5.82 Å². The van der Waals surface area contributed by atoms with Crippen molar-refractivity contribution in [3.8, 4) is 17.3 Å². The van der Waals surface area contributed by atoms with Crippen LogP contribution in [0.25, 0.3) is 22.4 Å². The summed E-state index contributed by atoms with van der Waals surface area (Å²) in [6, 6.07) is 15.6. The van der Waals surface area contributed by atoms with Gasteiger partial charge in [-0.2, -0.15) is 5.10 Å². The summed E-state index contributed by atoms with van der Waals surface area (Å²) >= 11 is 5.91. The number of methoxy groups -OCH3 is 1. The molecule has 0 aliphatic rings. The summed E-state index contributed by atoms with van der Waals surface area (Å²) in [5.74, 6) is 0.501. The summed E-state index contributed by atoms with van der Waals surface area (Å²) in [4.78, 5) is 8.32. The van der Waals surface area contributed by atoms with Crippen molar-refractivity contribution in [2.45, 2.75) is 13.5 Å². The molecule has 4 aromatic rings. The van der Waals surface area contributed by atoms with E-state index in [9.17, 15) is 4.39 Å². The van der Waals surface area contributed by atoms with Gasteiger partial charge in [0.05, 0.1) is 24.9 Å². The first-order valence-corrected chi connectivity index (χ1v) is 8.73. The van der Waals surface area contributed by atoms with Crippen LogP contribution in [0.4, 0.5) is 4.39 Å². The van der Waals surface area contributed by atoms with Gasteiger partial charge in [0.25, 0.3) is 0 Å². The largest absolute Gasteiger partial charge is 0.497 e. The van der Waals surface area contributed by atoms with E-state index in [0.717, 1.165) is 22.2 Å². The zero-order valence-electron chi connectivity index (χ0n) is 14.8. The quantitative estimate of drug-likeness (QED) is 0.482. The Morgan fingerprint density at radius 2 is 1.81 bits per heavy atom. The van der Waals surface area contributed by atoms with Gasteiger partial charge in [0.15, 0.2) is 16.8 Å². The second-order valence-electron chi connectivity index (χ2n) is 6.11. The molecule has 0 spiro atoms. The van der Waals surface area contributed by atoms with Crippen LogP contribution in [0.5, 0.6) is 5.75 Å². The molecule has 5 nitrogen and oxygen atoms in total. The number of benzene rings is 2. The van der Waals surface area contributed by atoms with Crippen molar-refractivity contribution in [1.82, 2.24) is 19.7 Å². The number of para-hydroxylation sites is 1. The molecule has 7 heteroatoms. The van der Waals surface area contributed by atoms with Crippen LogP contribution in [-0.2, 0) is 6.54 Å². The molecule has 136 valence electrons. The van der Waals surface area contributed by atoms with Crippen molar-refractivity contribution >= 4 is 22.5 Å². The Hall–Kier alpha value is -2.99. The fraction of sp³-hybridized carbons (Fsp3) is 0.150. The molecule has 0 aliphatic carbocycles. The Morgan fingerprint density at radius 1 is 1.07 bits per heavy atom. The van der Waals surface area contributed by atoms with Gasteiger partial charge in [-0.3, -0.25) is 4.68 Å². The molecule has 0 unspecified atom stereocenters. The predicted molar refractivity (Wildman–Crippen MR) is 103 cm³/mol. The van der Waals surface area contributed by atoms with Crippen LogP contribution in [0.3, 0.4) is 0 Å². The van der Waals surface area contributed by atoms with E-state index in [1.807, 2.05) is 53.2 Å². The van der Waals surface area contributed by atoms with Gasteiger partial charge in [0.2, 0.25) is 0 Å². The zero-order valence-corrected chi connectivity index (χ0v) is 15.5. The van der Waals surface area contributed by atoms with Crippen LogP contribution in [0, 0.1) is 12.7 Å². The summed E-state index contributed by atoms with van der Waals surface area (Å²) in [6.07, 6.45) is 0. The number of halogens is 2. The first kappa shape index (κ1) is 17.4. The molecule has 2 aromatic carbocycles. The minimum Gasteiger partial charge on any atom is -0.497 e. The number of fused-ring (bicyclic) bond motifs is 1. The molecule has 0 N–H and O–H groups in total. The molecule has 27 heavy (non-hydrogen) atoms. The minimum absolute atomic E-state index is 0.193. The summed E-state index contributed by atoms with van der Waals surface area (Å²) in [6.45, 7) is 2.13. The van der Waals surface area contributed by atoms with Crippen molar-refractivity contribution in [3.05, 3.63) is 70.8 Å². The molecule has 0 aliphatic heterocycles. The van der Waals surface area contributed by atoms with Crippen LogP contribution in [0.1, 0.15) is 11.3 Å². The van der Waals surface area contributed by atoms with E-state index in [2.05, 4.69) is 15.1 Å². The molecule has 0 fully saturated rings. The van der Waals surface area contributed by atoms with Gasteiger partial charge in [-0.15, -0.1) is 0 Å². The molecule has 2 heterocycles. The van der Waals surface area contributed by atoms with E-state index in [1.165, 1.54) is 0 Å². The maximum absolute atomic E-state index is 13.8. The molecule has 0 saturated heterocycles. The smallest absolute Gasteiger partial charge is 0.182 e. The van der Waals surface area contributed by atoms with Gasteiger partial charge < -0.3 is 4.74 Å². The van der Waals surface area contributed by atoms with Gasteiger partial charge in [0, 0.05) is 5.39 Å². The van der Waals surface area contributed by atoms with E-state index in [-0.39, 0.29) is 10.8 Å². The Kier molecular flexibility index (Phi) is 4.49. The first-order chi connectivity index (χ1) is 13.1. The number of hydrogen-bond donors (Lipinski definition) is 0. The highest BCUT2D eigenvalue weighted by Gasteiger charge is 2.17. The Bertz CT molecular complexity index is 1100. The lowest BCUT2D eigenvalue weighted by Crippen LogP contribution is -2.03. The van der Waals surface area contributed by atoms with Crippen molar-refractivity contribution < 1.29 is 9.13 Å². The predicted octanol–water partition coefficient (Wildman–Crippen LogP) is 4.65. The van der Waals surface area contributed by atoms with Crippen molar-refractivity contribution in [3.63, 3.8) is 0 Å². The van der Waals surface area contributed by atoms with Crippen molar-refractivity contribution in [2.24, 2.45) is 0 Å². The highest BCUT2D eigenvalue weighted by Crippen LogP contribution is 2.28. The Morgan fingerprint density at radius 3 is 2.52 bits per heavy atom. The molecule has 2 aromatic heterocycles. The van der Waals surface area contributed by atoms with Gasteiger partial charge in [0.1, 0.15) is 11.4 Å². The number of rotatable bonds is 4. The lowest BCUT2D eigenvalue weighted by Gasteiger charge is -2.05.